The van der Waals surface area contributed by atoms with Crippen molar-refractivity contribution in [1.82, 2.24) is 0 Å². The SMILES string of the molecule is CC/C=C\C/C=C\C/C=C\C/C=C\C/C=C\C/C=C\CCCCCCCCCCCCCCC(=O)OC(COC(=O)CCCCCCCCCCCCCCCCCCCCCCCCCCC/C=C\C/C=C\CCCCCCC)COP(=O)([O-])OCC[N+](C)(C)C. The van der Waals surface area contributed by atoms with Gasteiger partial charge in [-0.25, -0.2) is 0 Å². The van der Waals surface area contributed by atoms with E-state index >= 15 is 0 Å². The number of nitrogens with zero attached hydrogens (tertiary/aromatic N) is 1. The van der Waals surface area contributed by atoms with Gasteiger partial charge in [0, 0.05) is 12.8 Å². The molecule has 534 valence electrons. The zero-order valence-electron chi connectivity index (χ0n) is 61.0. The first-order valence-corrected chi connectivity index (χ1v) is 40.4. The van der Waals surface area contributed by atoms with Crippen LogP contribution in [0.5, 0.6) is 0 Å². The van der Waals surface area contributed by atoms with Gasteiger partial charge in [-0.05, 0) is 96.3 Å². The summed E-state index contributed by atoms with van der Waals surface area (Å²) in [7, 11) is 1.17. The van der Waals surface area contributed by atoms with Crippen LogP contribution in [0.25, 0.3) is 0 Å². The molecule has 0 heterocycles. The van der Waals surface area contributed by atoms with E-state index in [1.54, 1.807) is 0 Å². The minimum absolute atomic E-state index is 0.0327. The van der Waals surface area contributed by atoms with Gasteiger partial charge in [0.1, 0.15) is 19.8 Å². The van der Waals surface area contributed by atoms with Crippen molar-refractivity contribution in [3.05, 3.63) is 97.2 Å². The van der Waals surface area contributed by atoms with Gasteiger partial charge in [-0.2, -0.15) is 0 Å². The third-order valence-corrected chi connectivity index (χ3v) is 18.1. The highest BCUT2D eigenvalue weighted by molar-refractivity contribution is 7.45. The number of likely N-dealkylation sites (N-methyl/N-ethyl adjacent to an activating group) is 1. The monoisotopic (exact) mass is 1310 g/mol. The summed E-state index contributed by atoms with van der Waals surface area (Å²) < 4.78 is 34.4. The van der Waals surface area contributed by atoms with E-state index in [2.05, 4.69) is 111 Å². The van der Waals surface area contributed by atoms with Crippen LogP contribution >= 0.6 is 7.82 Å². The van der Waals surface area contributed by atoms with Crippen molar-refractivity contribution in [3.8, 4) is 0 Å². The average molecular weight is 1310 g/mol. The minimum Gasteiger partial charge on any atom is -0.756 e. The molecule has 0 amide bonds. The Bertz CT molecular complexity index is 1880. The van der Waals surface area contributed by atoms with Crippen molar-refractivity contribution in [2.24, 2.45) is 0 Å². The van der Waals surface area contributed by atoms with Gasteiger partial charge >= 0.3 is 11.9 Å². The summed E-state index contributed by atoms with van der Waals surface area (Å²) >= 11 is 0. The maximum atomic E-state index is 12.9. The lowest BCUT2D eigenvalue weighted by atomic mass is 10.0. The van der Waals surface area contributed by atoms with Gasteiger partial charge in [-0.15, -0.1) is 0 Å². The van der Waals surface area contributed by atoms with E-state index in [-0.39, 0.29) is 32.0 Å². The predicted molar refractivity (Wildman–Crippen MR) is 397 cm³/mol. The molecule has 0 aromatic carbocycles. The number of carbonyl (C=O) groups is 2. The second-order valence-corrected chi connectivity index (χ2v) is 28.8. The van der Waals surface area contributed by atoms with Gasteiger partial charge in [0.2, 0.25) is 0 Å². The second kappa shape index (κ2) is 72.2. The number of carbonyl (C=O) groups excluding carboxylic acids is 2. The predicted octanol–water partition coefficient (Wildman–Crippen LogP) is 25.2. The van der Waals surface area contributed by atoms with Gasteiger partial charge in [0.05, 0.1) is 27.7 Å². The summed E-state index contributed by atoms with van der Waals surface area (Å²) in [6.45, 7) is 4.16. The first kappa shape index (κ1) is 88.9. The van der Waals surface area contributed by atoms with Gasteiger partial charge < -0.3 is 27.9 Å². The number of ether oxygens (including phenoxy) is 2. The highest BCUT2D eigenvalue weighted by Crippen LogP contribution is 2.38. The number of esters is 2. The quantitative estimate of drug-likeness (QED) is 0.0195. The number of hydrogen-bond donors (Lipinski definition) is 0. The lowest BCUT2D eigenvalue weighted by Crippen LogP contribution is -2.37. The van der Waals surface area contributed by atoms with Crippen LogP contribution in [0.3, 0.4) is 0 Å². The Hall–Kier alpha value is -3.07. The molecule has 10 heteroatoms. The van der Waals surface area contributed by atoms with Crippen LogP contribution in [-0.4, -0.2) is 70.0 Å². The van der Waals surface area contributed by atoms with E-state index in [0.29, 0.717) is 17.4 Å². The molecule has 0 N–H and O–H groups in total. The molecular formula is C82H148NO8P. The van der Waals surface area contributed by atoms with Crippen molar-refractivity contribution in [2.75, 3.05) is 47.5 Å². The molecule has 0 aliphatic heterocycles. The Morgan fingerprint density at radius 2 is 0.620 bits per heavy atom. The number of unbranched alkanes of at least 4 members (excludes halogenated alkanes) is 42. The molecule has 0 aliphatic rings. The summed E-state index contributed by atoms with van der Waals surface area (Å²) in [5, 5.41) is 0. The van der Waals surface area contributed by atoms with Crippen molar-refractivity contribution < 1.29 is 42.1 Å². The zero-order chi connectivity index (χ0) is 66.9. The highest BCUT2D eigenvalue weighted by atomic mass is 31.2. The Balaban J connectivity index is 3.96. The second-order valence-electron chi connectivity index (χ2n) is 27.3. The summed E-state index contributed by atoms with van der Waals surface area (Å²) in [5.41, 5.74) is 0. The lowest BCUT2D eigenvalue weighted by Gasteiger charge is -2.28. The smallest absolute Gasteiger partial charge is 0.306 e. The van der Waals surface area contributed by atoms with Gasteiger partial charge in [0.15, 0.2) is 6.10 Å². The Morgan fingerprint density at radius 3 is 0.924 bits per heavy atom. The van der Waals surface area contributed by atoms with E-state index in [4.69, 9.17) is 18.5 Å². The normalized spacial score (nSPS) is 13.6. The fourth-order valence-electron chi connectivity index (χ4n) is 11.2. The summed E-state index contributed by atoms with van der Waals surface area (Å²) in [6.07, 6.45) is 101. The zero-order valence-corrected chi connectivity index (χ0v) is 61.9. The first-order chi connectivity index (χ1) is 45.0. The summed E-state index contributed by atoms with van der Waals surface area (Å²) in [4.78, 5) is 38.2. The van der Waals surface area contributed by atoms with Crippen molar-refractivity contribution >= 4 is 19.8 Å². The van der Waals surface area contributed by atoms with Gasteiger partial charge in [-0.1, -0.05) is 349 Å². The third kappa shape index (κ3) is 76.0. The number of rotatable bonds is 72. The Kier molecular flexibility index (Phi) is 69.8. The minimum atomic E-state index is -4.65. The number of phosphoric ester groups is 1. The lowest BCUT2D eigenvalue weighted by molar-refractivity contribution is -0.870. The molecule has 0 aromatic heterocycles. The average Bonchev–Trinajstić information content (AvgIpc) is 2.14. The van der Waals surface area contributed by atoms with Crippen LogP contribution < -0.4 is 4.89 Å². The number of allylic oxidation sites excluding steroid dienone is 16. The molecule has 2 atom stereocenters. The van der Waals surface area contributed by atoms with Crippen molar-refractivity contribution in [3.63, 3.8) is 0 Å². The largest absolute Gasteiger partial charge is 0.756 e. The molecule has 0 radical (unpaired) electrons. The fraction of sp³-hybridized carbons (Fsp3) is 0.780. The Morgan fingerprint density at radius 1 is 0.348 bits per heavy atom. The molecule has 9 nitrogen and oxygen atoms in total. The Labute approximate surface area is 570 Å². The van der Waals surface area contributed by atoms with E-state index in [1.807, 2.05) is 21.1 Å². The maximum absolute atomic E-state index is 12.9. The number of phosphoric acid groups is 1. The molecule has 0 bridgehead atoms. The molecule has 0 aromatic rings. The van der Waals surface area contributed by atoms with Crippen molar-refractivity contribution in [2.45, 2.75) is 367 Å². The van der Waals surface area contributed by atoms with Gasteiger partial charge in [-0.3, -0.25) is 14.2 Å². The van der Waals surface area contributed by atoms with Crippen LogP contribution in [0.15, 0.2) is 97.2 Å². The summed E-state index contributed by atoms with van der Waals surface area (Å²) in [5.74, 6) is -0.823. The molecule has 0 aliphatic carbocycles. The summed E-state index contributed by atoms with van der Waals surface area (Å²) in [6, 6.07) is 0. The molecule has 0 fully saturated rings. The van der Waals surface area contributed by atoms with Crippen LogP contribution in [0.1, 0.15) is 361 Å². The number of quaternary nitrogens is 1. The standard InChI is InChI=1S/C82H148NO8P/c1-6-8-10-12-14-16-18-20-22-24-26-28-30-32-34-36-38-39-40-41-42-43-45-46-48-50-52-54-56-58-60-62-64-66-68-70-72-74-81(84)88-78-80(79-90-92(86,87)89-77-76-83(3,4)5)91-82(85)75-73-71-69-67-65-63-61-59-57-55-53-51-49-47-44-37-35-33-31-29-27-25-23-21-19-17-15-13-11-9-7-2/h9,11,15,17-18,20-21,23-24,26-27,29,33,35,44,47,80H,6-8,10,12-14,16,19,22,25,28,30-32,34,36-43,45-46,48-79H2,1-5H3/b11-9-,17-15-,20-18-,23-21-,26-24-,29-27-,35-33-,47-44-. The molecule has 92 heavy (non-hydrogen) atoms. The maximum Gasteiger partial charge on any atom is 0.306 e. The molecule has 0 rings (SSSR count). The van der Waals surface area contributed by atoms with E-state index in [9.17, 15) is 19.0 Å². The molecular weight excluding hydrogens is 1160 g/mol. The van der Waals surface area contributed by atoms with Crippen molar-refractivity contribution in [1.29, 1.82) is 0 Å². The third-order valence-electron chi connectivity index (χ3n) is 17.1. The van der Waals surface area contributed by atoms with Crippen LogP contribution in [0.4, 0.5) is 0 Å². The molecule has 0 spiro atoms. The molecule has 0 saturated carbocycles. The fourth-order valence-corrected chi connectivity index (χ4v) is 11.9. The van der Waals surface area contributed by atoms with E-state index in [1.165, 1.54) is 244 Å². The van der Waals surface area contributed by atoms with E-state index < -0.39 is 26.5 Å². The van der Waals surface area contributed by atoms with Gasteiger partial charge in [0.25, 0.3) is 7.82 Å². The first-order valence-electron chi connectivity index (χ1n) is 38.9. The van der Waals surface area contributed by atoms with E-state index in [0.717, 1.165) is 83.5 Å². The number of hydrogen-bond acceptors (Lipinski definition) is 8. The van der Waals surface area contributed by atoms with Crippen LogP contribution in [0.2, 0.25) is 0 Å². The molecule has 2 unspecified atom stereocenters. The highest BCUT2D eigenvalue weighted by Gasteiger charge is 2.22. The topological polar surface area (TPSA) is 111 Å². The van der Waals surface area contributed by atoms with Crippen LogP contribution in [-0.2, 0) is 32.7 Å². The van der Waals surface area contributed by atoms with Crippen LogP contribution in [0, 0.1) is 0 Å². The molecule has 0 saturated heterocycles.